The SMILES string of the molecule is C[C@H]1CN(C(=O)OC(C)(C)C)C[C@H](C#N)O1. The van der Waals surface area contributed by atoms with Crippen LogP contribution >= 0.6 is 0 Å². The second-order valence-electron chi connectivity index (χ2n) is 4.95. The fraction of sp³-hybridized carbons (Fsp3) is 0.818. The van der Waals surface area contributed by atoms with Crippen molar-refractivity contribution in [1.82, 2.24) is 4.90 Å². The number of carbonyl (C=O) groups excluding carboxylic acids is 1. The third-order valence-corrected chi connectivity index (χ3v) is 2.06. The van der Waals surface area contributed by atoms with Crippen molar-refractivity contribution in [2.75, 3.05) is 13.1 Å². The van der Waals surface area contributed by atoms with Crippen LogP contribution in [0.3, 0.4) is 0 Å². The molecule has 0 saturated carbocycles. The quantitative estimate of drug-likeness (QED) is 0.628. The van der Waals surface area contributed by atoms with Crippen molar-refractivity contribution < 1.29 is 14.3 Å². The molecule has 0 N–H and O–H groups in total. The van der Waals surface area contributed by atoms with E-state index < -0.39 is 11.7 Å². The Bertz CT molecular complexity index is 303. The summed E-state index contributed by atoms with van der Waals surface area (Å²) in [4.78, 5) is 13.3. The number of morpholine rings is 1. The van der Waals surface area contributed by atoms with E-state index in [0.29, 0.717) is 6.54 Å². The molecule has 90 valence electrons. The maximum atomic E-state index is 11.8. The fourth-order valence-electron chi connectivity index (χ4n) is 1.50. The van der Waals surface area contributed by atoms with E-state index in [2.05, 4.69) is 0 Å². The van der Waals surface area contributed by atoms with Gasteiger partial charge in [-0.2, -0.15) is 5.26 Å². The number of amides is 1. The van der Waals surface area contributed by atoms with E-state index in [0.717, 1.165) is 0 Å². The summed E-state index contributed by atoms with van der Waals surface area (Å²) in [5.74, 6) is 0. The molecule has 1 amide bonds. The maximum Gasteiger partial charge on any atom is 0.410 e. The van der Waals surface area contributed by atoms with Crippen LogP contribution in [0.1, 0.15) is 27.7 Å². The van der Waals surface area contributed by atoms with Gasteiger partial charge < -0.3 is 14.4 Å². The third-order valence-electron chi connectivity index (χ3n) is 2.06. The Balaban J connectivity index is 2.59. The molecule has 1 heterocycles. The highest BCUT2D eigenvalue weighted by Crippen LogP contribution is 2.15. The summed E-state index contributed by atoms with van der Waals surface area (Å²) in [5, 5.41) is 8.79. The van der Waals surface area contributed by atoms with Gasteiger partial charge in [-0.05, 0) is 27.7 Å². The molecule has 1 aliphatic rings. The fourth-order valence-corrected chi connectivity index (χ4v) is 1.50. The van der Waals surface area contributed by atoms with Crippen LogP contribution in [0.5, 0.6) is 0 Å². The van der Waals surface area contributed by atoms with Crippen LogP contribution in [0.25, 0.3) is 0 Å². The zero-order valence-electron chi connectivity index (χ0n) is 10.2. The molecule has 0 aliphatic carbocycles. The first-order valence-corrected chi connectivity index (χ1v) is 5.35. The van der Waals surface area contributed by atoms with Crippen molar-refractivity contribution in [3.63, 3.8) is 0 Å². The molecule has 0 unspecified atom stereocenters. The van der Waals surface area contributed by atoms with Gasteiger partial charge in [0.25, 0.3) is 0 Å². The predicted molar refractivity (Wildman–Crippen MR) is 57.8 cm³/mol. The summed E-state index contributed by atoms with van der Waals surface area (Å²) in [6, 6.07) is 2.01. The van der Waals surface area contributed by atoms with Gasteiger partial charge in [0.1, 0.15) is 5.60 Å². The van der Waals surface area contributed by atoms with Crippen molar-refractivity contribution in [3.8, 4) is 6.07 Å². The van der Waals surface area contributed by atoms with Crippen molar-refractivity contribution >= 4 is 6.09 Å². The van der Waals surface area contributed by atoms with E-state index in [9.17, 15) is 4.79 Å². The summed E-state index contributed by atoms with van der Waals surface area (Å²) in [6.07, 6.45) is -1.08. The number of hydrogen-bond donors (Lipinski definition) is 0. The summed E-state index contributed by atoms with van der Waals surface area (Å²) >= 11 is 0. The van der Waals surface area contributed by atoms with Gasteiger partial charge in [0.05, 0.1) is 25.3 Å². The smallest absolute Gasteiger partial charge is 0.410 e. The van der Waals surface area contributed by atoms with Gasteiger partial charge in [-0.15, -0.1) is 0 Å². The summed E-state index contributed by atoms with van der Waals surface area (Å²) in [6.45, 7) is 8.02. The Hall–Kier alpha value is -1.28. The van der Waals surface area contributed by atoms with Gasteiger partial charge in [0, 0.05) is 0 Å². The van der Waals surface area contributed by atoms with Crippen LogP contribution in [-0.4, -0.2) is 41.9 Å². The van der Waals surface area contributed by atoms with E-state index in [4.69, 9.17) is 14.7 Å². The number of ether oxygens (including phenoxy) is 2. The number of nitriles is 1. The van der Waals surface area contributed by atoms with Gasteiger partial charge in [-0.3, -0.25) is 0 Å². The Morgan fingerprint density at radius 3 is 2.62 bits per heavy atom. The second kappa shape index (κ2) is 4.71. The van der Waals surface area contributed by atoms with Gasteiger partial charge >= 0.3 is 6.09 Å². The van der Waals surface area contributed by atoms with Gasteiger partial charge in [0.15, 0.2) is 6.10 Å². The van der Waals surface area contributed by atoms with Crippen molar-refractivity contribution in [3.05, 3.63) is 0 Å². The average molecular weight is 226 g/mol. The van der Waals surface area contributed by atoms with Gasteiger partial charge in [-0.25, -0.2) is 4.79 Å². The number of carbonyl (C=O) groups is 1. The molecule has 1 saturated heterocycles. The summed E-state index contributed by atoms with van der Waals surface area (Å²) < 4.78 is 10.6. The minimum Gasteiger partial charge on any atom is -0.444 e. The van der Waals surface area contributed by atoms with E-state index in [1.54, 1.807) is 0 Å². The Morgan fingerprint density at radius 2 is 2.12 bits per heavy atom. The van der Waals surface area contributed by atoms with Crippen LogP contribution in [0, 0.1) is 11.3 Å². The summed E-state index contributed by atoms with van der Waals surface area (Å²) in [5.41, 5.74) is -0.513. The molecule has 0 bridgehead atoms. The highest BCUT2D eigenvalue weighted by Gasteiger charge is 2.31. The minimum atomic E-state index is -0.559. The lowest BCUT2D eigenvalue weighted by molar-refractivity contribution is -0.0592. The van der Waals surface area contributed by atoms with Crippen molar-refractivity contribution in [1.29, 1.82) is 5.26 Å². The largest absolute Gasteiger partial charge is 0.444 e. The predicted octanol–water partition coefficient (Wildman–Crippen LogP) is 1.53. The molecule has 0 spiro atoms. The summed E-state index contributed by atoms with van der Waals surface area (Å²) in [7, 11) is 0. The van der Waals surface area contributed by atoms with E-state index in [1.165, 1.54) is 4.90 Å². The molecule has 0 radical (unpaired) electrons. The van der Waals surface area contributed by atoms with Crippen LogP contribution in [0.15, 0.2) is 0 Å². The molecule has 16 heavy (non-hydrogen) atoms. The zero-order valence-corrected chi connectivity index (χ0v) is 10.2. The highest BCUT2D eigenvalue weighted by molar-refractivity contribution is 5.68. The normalized spacial score (nSPS) is 26.1. The standard InChI is InChI=1S/C11H18N2O3/c1-8-6-13(7-9(5-12)15-8)10(14)16-11(2,3)4/h8-9H,6-7H2,1-4H3/t8-,9-/m0/s1. The monoisotopic (exact) mass is 226 g/mol. The van der Waals surface area contributed by atoms with E-state index in [-0.39, 0.29) is 18.7 Å². The number of nitrogens with zero attached hydrogens (tertiary/aromatic N) is 2. The van der Waals surface area contributed by atoms with Crippen LogP contribution < -0.4 is 0 Å². The number of hydrogen-bond acceptors (Lipinski definition) is 4. The number of rotatable bonds is 0. The lowest BCUT2D eigenvalue weighted by Crippen LogP contribution is -2.50. The first-order chi connectivity index (χ1) is 7.31. The lowest BCUT2D eigenvalue weighted by Gasteiger charge is -2.34. The molecule has 1 fully saturated rings. The van der Waals surface area contributed by atoms with Crippen LogP contribution in [0.4, 0.5) is 4.79 Å². The maximum absolute atomic E-state index is 11.8. The van der Waals surface area contributed by atoms with E-state index >= 15 is 0 Å². The van der Waals surface area contributed by atoms with Gasteiger partial charge in [-0.1, -0.05) is 0 Å². The molecule has 2 atom stereocenters. The molecule has 5 nitrogen and oxygen atoms in total. The molecular formula is C11H18N2O3. The zero-order chi connectivity index (χ0) is 12.3. The average Bonchev–Trinajstić information content (AvgIpc) is 2.14. The Kier molecular flexibility index (Phi) is 3.76. The molecule has 0 aromatic carbocycles. The second-order valence-corrected chi connectivity index (χ2v) is 4.95. The van der Waals surface area contributed by atoms with Crippen molar-refractivity contribution in [2.45, 2.75) is 45.5 Å². The molecular weight excluding hydrogens is 208 g/mol. The molecule has 0 aromatic heterocycles. The molecule has 0 aromatic rings. The first kappa shape index (κ1) is 12.8. The Labute approximate surface area is 95.9 Å². The molecule has 1 aliphatic heterocycles. The molecule has 1 rings (SSSR count). The third kappa shape index (κ3) is 3.70. The van der Waals surface area contributed by atoms with Crippen LogP contribution in [-0.2, 0) is 9.47 Å². The highest BCUT2D eigenvalue weighted by atomic mass is 16.6. The van der Waals surface area contributed by atoms with Crippen LogP contribution in [0.2, 0.25) is 0 Å². The van der Waals surface area contributed by atoms with Crippen molar-refractivity contribution in [2.24, 2.45) is 0 Å². The van der Waals surface area contributed by atoms with Gasteiger partial charge in [0.2, 0.25) is 0 Å². The Morgan fingerprint density at radius 1 is 1.50 bits per heavy atom. The first-order valence-electron chi connectivity index (χ1n) is 5.35. The topological polar surface area (TPSA) is 62.6 Å². The molecule has 5 heteroatoms. The van der Waals surface area contributed by atoms with E-state index in [1.807, 2.05) is 33.8 Å². The lowest BCUT2D eigenvalue weighted by atomic mass is 10.2. The minimum absolute atomic E-state index is 0.133.